The van der Waals surface area contributed by atoms with E-state index in [0.717, 1.165) is 7.11 Å². The number of methoxy groups -OCH3 is 1. The normalized spacial score (nSPS) is 8.46. The van der Waals surface area contributed by atoms with Crippen LogP contribution in [-0.4, -0.2) is 24.9 Å². The number of amides is 2. The summed E-state index contributed by atoms with van der Waals surface area (Å²) in [4.78, 5) is 31.9. The summed E-state index contributed by atoms with van der Waals surface area (Å²) in [5, 5.41) is 0. The van der Waals surface area contributed by atoms with Gasteiger partial charge < -0.3 is 4.74 Å². The van der Waals surface area contributed by atoms with Gasteiger partial charge in [0.1, 0.15) is 0 Å². The molecule has 2 amide bonds. The zero-order chi connectivity index (χ0) is 10.4. The van der Waals surface area contributed by atoms with E-state index in [9.17, 15) is 14.4 Å². The molecule has 0 fully saturated rings. The van der Waals surface area contributed by atoms with E-state index in [1.807, 2.05) is 10.9 Å². The number of rotatable bonds is 1. The Kier molecular flexibility index (Phi) is 4.21. The number of esters is 1. The van der Waals surface area contributed by atoms with Gasteiger partial charge in [0.2, 0.25) is 0 Å². The van der Waals surface area contributed by atoms with Gasteiger partial charge in [0.05, 0.1) is 7.11 Å². The zero-order valence-corrected chi connectivity index (χ0v) is 7.34. The van der Waals surface area contributed by atoms with Crippen molar-refractivity contribution in [3.05, 3.63) is 12.2 Å². The molecule has 2 N–H and O–H groups in total. The van der Waals surface area contributed by atoms with Crippen LogP contribution in [0.3, 0.4) is 0 Å². The molecule has 0 saturated heterocycles. The lowest BCUT2D eigenvalue weighted by molar-refractivity contribution is -0.153. The lowest BCUT2D eigenvalue weighted by Crippen LogP contribution is -2.45. The van der Waals surface area contributed by atoms with Crippen LogP contribution in [0.15, 0.2) is 12.2 Å². The number of carbonyl (C=O) groups is 3. The first kappa shape index (κ1) is 11.2. The maximum absolute atomic E-state index is 10.8. The second-order valence-electron chi connectivity index (χ2n) is 2.18. The Hall–Kier alpha value is -1.85. The van der Waals surface area contributed by atoms with Gasteiger partial charge in [-0.15, -0.1) is 0 Å². The first-order chi connectivity index (χ1) is 5.99. The molecule has 0 aromatic heterocycles. The van der Waals surface area contributed by atoms with Crippen molar-refractivity contribution in [2.45, 2.75) is 6.92 Å². The number of nitrogens with one attached hydrogen (secondary N) is 2. The lowest BCUT2D eigenvalue weighted by atomic mass is 10.3. The SMILES string of the molecule is C=C(C)C(=O)NNC(=O)C(=O)OC. The van der Waals surface area contributed by atoms with Crippen LogP contribution in [0.25, 0.3) is 0 Å². The van der Waals surface area contributed by atoms with Crippen LogP contribution in [0.4, 0.5) is 0 Å². The van der Waals surface area contributed by atoms with Crippen molar-refractivity contribution >= 4 is 17.8 Å². The van der Waals surface area contributed by atoms with Crippen LogP contribution in [-0.2, 0) is 19.1 Å². The Bertz CT molecular complexity index is 259. The Labute approximate surface area is 74.9 Å². The van der Waals surface area contributed by atoms with E-state index in [0.29, 0.717) is 0 Å². The van der Waals surface area contributed by atoms with Crippen LogP contribution < -0.4 is 10.9 Å². The Morgan fingerprint density at radius 3 is 2.00 bits per heavy atom. The molecule has 13 heavy (non-hydrogen) atoms. The molecule has 0 radical (unpaired) electrons. The highest BCUT2D eigenvalue weighted by molar-refractivity contribution is 6.32. The minimum absolute atomic E-state index is 0.213. The average molecular weight is 186 g/mol. The summed E-state index contributed by atoms with van der Waals surface area (Å²) in [6, 6.07) is 0. The highest BCUT2D eigenvalue weighted by atomic mass is 16.5. The van der Waals surface area contributed by atoms with Crippen LogP contribution >= 0.6 is 0 Å². The highest BCUT2D eigenvalue weighted by Gasteiger charge is 2.13. The molecule has 0 aliphatic rings. The summed E-state index contributed by atoms with van der Waals surface area (Å²) in [5.41, 5.74) is 4.01. The quantitative estimate of drug-likeness (QED) is 0.235. The smallest absolute Gasteiger partial charge is 0.398 e. The van der Waals surface area contributed by atoms with Crippen LogP contribution in [0.1, 0.15) is 6.92 Å². The highest BCUT2D eigenvalue weighted by Crippen LogP contribution is 1.82. The standard InChI is InChI=1S/C7H10N2O4/c1-4(2)5(10)8-9-6(11)7(12)13-3/h1H2,2-3H3,(H,8,10)(H,9,11). The fourth-order valence-electron chi connectivity index (χ4n) is 0.364. The average Bonchev–Trinajstić information content (AvgIpc) is 2.11. The molecule has 0 rings (SSSR count). The van der Waals surface area contributed by atoms with Gasteiger partial charge >= 0.3 is 11.9 Å². The molecule has 0 aromatic carbocycles. The van der Waals surface area contributed by atoms with Gasteiger partial charge in [0.25, 0.3) is 5.91 Å². The van der Waals surface area contributed by atoms with E-state index in [2.05, 4.69) is 11.3 Å². The molecular formula is C7H10N2O4. The second-order valence-corrected chi connectivity index (χ2v) is 2.18. The molecule has 0 unspecified atom stereocenters. The summed E-state index contributed by atoms with van der Waals surface area (Å²) >= 11 is 0. The molecular weight excluding hydrogens is 176 g/mol. The first-order valence-corrected chi connectivity index (χ1v) is 3.33. The van der Waals surface area contributed by atoms with Gasteiger partial charge in [-0.25, -0.2) is 4.79 Å². The number of hydrazine groups is 1. The molecule has 0 bridgehead atoms. The molecule has 6 nitrogen and oxygen atoms in total. The van der Waals surface area contributed by atoms with E-state index in [1.165, 1.54) is 6.92 Å². The van der Waals surface area contributed by atoms with E-state index in [-0.39, 0.29) is 5.57 Å². The van der Waals surface area contributed by atoms with Gasteiger partial charge in [0.15, 0.2) is 0 Å². The van der Waals surface area contributed by atoms with Gasteiger partial charge in [0, 0.05) is 5.57 Å². The third-order valence-corrected chi connectivity index (χ3v) is 1.05. The van der Waals surface area contributed by atoms with Gasteiger partial charge in [-0.2, -0.15) is 0 Å². The number of hydrogen-bond acceptors (Lipinski definition) is 4. The predicted octanol–water partition coefficient (Wildman–Crippen LogP) is -1.12. The van der Waals surface area contributed by atoms with Crippen LogP contribution in [0.2, 0.25) is 0 Å². The Morgan fingerprint density at radius 1 is 1.15 bits per heavy atom. The third kappa shape index (κ3) is 3.90. The second kappa shape index (κ2) is 4.91. The monoisotopic (exact) mass is 186 g/mol. The zero-order valence-electron chi connectivity index (χ0n) is 7.34. The molecule has 0 aromatic rings. The summed E-state index contributed by atoms with van der Waals surface area (Å²) in [7, 11) is 1.06. The fourth-order valence-corrected chi connectivity index (χ4v) is 0.364. The molecule has 0 heterocycles. The topological polar surface area (TPSA) is 84.5 Å². The summed E-state index contributed by atoms with van der Waals surface area (Å²) in [6.45, 7) is 4.78. The van der Waals surface area contributed by atoms with E-state index in [1.54, 1.807) is 0 Å². The molecule has 6 heteroatoms. The molecule has 0 aliphatic carbocycles. The van der Waals surface area contributed by atoms with Crippen LogP contribution in [0, 0.1) is 0 Å². The Morgan fingerprint density at radius 2 is 1.62 bits per heavy atom. The van der Waals surface area contributed by atoms with Crippen molar-refractivity contribution in [1.29, 1.82) is 0 Å². The van der Waals surface area contributed by atoms with Crippen molar-refractivity contribution < 1.29 is 19.1 Å². The molecule has 0 aliphatic heterocycles. The van der Waals surface area contributed by atoms with E-state index >= 15 is 0 Å². The van der Waals surface area contributed by atoms with Crippen molar-refractivity contribution in [2.75, 3.05) is 7.11 Å². The van der Waals surface area contributed by atoms with Gasteiger partial charge in [-0.1, -0.05) is 6.58 Å². The fraction of sp³-hybridized carbons (Fsp3) is 0.286. The Balaban J connectivity index is 3.90. The largest absolute Gasteiger partial charge is 0.462 e. The van der Waals surface area contributed by atoms with Gasteiger partial charge in [-0.3, -0.25) is 20.4 Å². The molecule has 0 spiro atoms. The van der Waals surface area contributed by atoms with E-state index in [4.69, 9.17) is 0 Å². The van der Waals surface area contributed by atoms with Crippen molar-refractivity contribution in [3.8, 4) is 0 Å². The van der Waals surface area contributed by atoms with Crippen molar-refractivity contribution in [3.63, 3.8) is 0 Å². The van der Waals surface area contributed by atoms with Crippen LogP contribution in [0.5, 0.6) is 0 Å². The summed E-state index contributed by atoms with van der Waals surface area (Å²) in [6.07, 6.45) is 0. The minimum atomic E-state index is -1.08. The maximum Gasteiger partial charge on any atom is 0.398 e. The molecule has 0 atom stereocenters. The minimum Gasteiger partial charge on any atom is -0.462 e. The van der Waals surface area contributed by atoms with Gasteiger partial charge in [-0.05, 0) is 6.92 Å². The first-order valence-electron chi connectivity index (χ1n) is 3.33. The van der Waals surface area contributed by atoms with Crippen molar-refractivity contribution in [2.24, 2.45) is 0 Å². The number of ether oxygens (including phenoxy) is 1. The maximum atomic E-state index is 10.8. The lowest BCUT2D eigenvalue weighted by Gasteiger charge is -2.04. The van der Waals surface area contributed by atoms with E-state index < -0.39 is 17.8 Å². The third-order valence-electron chi connectivity index (χ3n) is 1.05. The number of hydrogen-bond donors (Lipinski definition) is 2. The van der Waals surface area contributed by atoms with Crippen molar-refractivity contribution in [1.82, 2.24) is 10.9 Å². The summed E-state index contributed by atoms with van der Waals surface area (Å²) < 4.78 is 4.08. The number of carbonyl (C=O) groups excluding carboxylic acids is 3. The summed E-state index contributed by atoms with van der Waals surface area (Å²) in [5.74, 6) is -2.70. The molecule has 72 valence electrons. The molecule has 0 saturated carbocycles. The predicted molar refractivity (Wildman–Crippen MR) is 43.1 cm³/mol.